The number of rotatable bonds is 11. The molecule has 0 aromatic heterocycles. The van der Waals surface area contributed by atoms with Gasteiger partial charge in [-0.2, -0.15) is 13.7 Å². The fourth-order valence-electron chi connectivity index (χ4n) is 4.96. The summed E-state index contributed by atoms with van der Waals surface area (Å²) in [6.07, 6.45) is 0. The number of nitrogens with zero attached hydrogens (tertiary/aromatic N) is 2. The summed E-state index contributed by atoms with van der Waals surface area (Å²) in [5.41, 5.74) is 8.25. The Morgan fingerprint density at radius 2 is 1.58 bits per heavy atom. The molecule has 1 aliphatic heterocycles. The van der Waals surface area contributed by atoms with Crippen molar-refractivity contribution in [3.63, 3.8) is 0 Å². The van der Waals surface area contributed by atoms with E-state index in [0.717, 1.165) is 75.0 Å². The van der Waals surface area contributed by atoms with Crippen molar-refractivity contribution in [1.29, 1.82) is 5.26 Å². The van der Waals surface area contributed by atoms with Crippen LogP contribution in [0.25, 0.3) is 11.1 Å². The maximum Gasteiger partial charge on any atom is 0.267 e. The summed E-state index contributed by atoms with van der Waals surface area (Å²) in [5.74, 6) is 3.15. The van der Waals surface area contributed by atoms with Crippen LogP contribution in [-0.4, -0.2) is 49.9 Å². The van der Waals surface area contributed by atoms with Gasteiger partial charge in [0.2, 0.25) is 0 Å². The highest BCUT2D eigenvalue weighted by Crippen LogP contribution is 2.37. The van der Waals surface area contributed by atoms with Crippen LogP contribution in [-0.2, 0) is 29.9 Å². The molecule has 5 rings (SSSR count). The lowest BCUT2D eigenvalue weighted by molar-refractivity contribution is 0.171. The third-order valence-corrected chi connectivity index (χ3v) is 9.26. The van der Waals surface area contributed by atoms with E-state index < -0.39 is 15.4 Å². The number of aryl methyl sites for hydroxylation is 1. The quantitative estimate of drug-likeness (QED) is 0.162. The van der Waals surface area contributed by atoms with Gasteiger partial charge in [0, 0.05) is 18.2 Å². The van der Waals surface area contributed by atoms with Gasteiger partial charge in [-0.1, -0.05) is 43.3 Å². The highest BCUT2D eigenvalue weighted by molar-refractivity contribution is 7.86. The van der Waals surface area contributed by atoms with E-state index in [-0.39, 0.29) is 0 Å². The average molecular weight is 673 g/mol. The van der Waals surface area contributed by atoms with Crippen LogP contribution in [0.4, 0.5) is 0 Å². The molecular weight excluding hydrogens is 628 g/mol. The Bertz CT molecular complexity index is 1870. The summed E-state index contributed by atoms with van der Waals surface area (Å²) in [7, 11) is -1.65. The SMILES string of the molecule is CC(C)S(=O)(=O)O.CCN(C)Cc1cc(C)c(OCc2cccc(-c3ccc4c(c3)OCCO4)c2C)cc1OCc1cccc(C#N)c1. The Morgan fingerprint density at radius 1 is 0.896 bits per heavy atom. The van der Waals surface area contributed by atoms with Crippen LogP contribution < -0.4 is 18.9 Å². The van der Waals surface area contributed by atoms with Crippen LogP contribution in [0.15, 0.2) is 72.8 Å². The van der Waals surface area contributed by atoms with Gasteiger partial charge in [0.15, 0.2) is 11.5 Å². The summed E-state index contributed by atoms with van der Waals surface area (Å²) in [5, 5.41) is 8.59. The van der Waals surface area contributed by atoms with E-state index in [1.54, 1.807) is 6.07 Å². The van der Waals surface area contributed by atoms with E-state index in [1.807, 2.05) is 36.4 Å². The number of fused-ring (bicyclic) bond motifs is 1. The lowest BCUT2D eigenvalue weighted by atomic mass is 9.96. The first-order chi connectivity index (χ1) is 22.9. The molecule has 0 radical (unpaired) electrons. The maximum absolute atomic E-state index is 9.89. The van der Waals surface area contributed by atoms with Crippen LogP contribution >= 0.6 is 0 Å². The Kier molecular flexibility index (Phi) is 12.5. The average Bonchev–Trinajstić information content (AvgIpc) is 3.07. The molecule has 1 aliphatic rings. The molecule has 0 amide bonds. The first-order valence-electron chi connectivity index (χ1n) is 15.9. The smallest absolute Gasteiger partial charge is 0.267 e. The number of benzene rings is 4. The molecular formula is C38H44N2O7S. The van der Waals surface area contributed by atoms with Crippen LogP contribution in [0, 0.1) is 25.2 Å². The van der Waals surface area contributed by atoms with Crippen LogP contribution in [0.3, 0.4) is 0 Å². The van der Waals surface area contributed by atoms with Crippen molar-refractivity contribution in [2.24, 2.45) is 0 Å². The van der Waals surface area contributed by atoms with Crippen molar-refractivity contribution in [1.82, 2.24) is 4.90 Å². The second kappa shape index (κ2) is 16.5. The Labute approximate surface area is 284 Å². The van der Waals surface area contributed by atoms with E-state index in [2.05, 4.69) is 69.1 Å². The first kappa shape index (κ1) is 36.3. The standard InChI is InChI=1S/C35H36N2O4.C3H8O3S/c1-5-37(4)21-30-16-24(2)33(19-34(30)40-22-27-9-6-8-26(17-27)20-36)41-23-29-10-7-11-31(25(29)3)28-12-13-32-35(18-28)39-15-14-38-32;1-3(2)7(4,5)6/h6-13,16-19H,5,14-15,21-23H2,1-4H3;3H,1-2H3,(H,4,5,6). The minimum atomic E-state index is -3.74. The monoisotopic (exact) mass is 672 g/mol. The molecule has 1 N–H and O–H groups in total. The van der Waals surface area contributed by atoms with Gasteiger partial charge in [0.25, 0.3) is 10.1 Å². The number of hydrogen-bond donors (Lipinski definition) is 1. The van der Waals surface area contributed by atoms with Crippen molar-refractivity contribution < 1.29 is 31.9 Å². The molecule has 48 heavy (non-hydrogen) atoms. The highest BCUT2D eigenvalue weighted by Gasteiger charge is 2.16. The third kappa shape index (κ3) is 9.73. The van der Waals surface area contributed by atoms with E-state index in [9.17, 15) is 13.7 Å². The Morgan fingerprint density at radius 3 is 2.27 bits per heavy atom. The minimum Gasteiger partial charge on any atom is -0.488 e. The summed E-state index contributed by atoms with van der Waals surface area (Å²) >= 11 is 0. The minimum absolute atomic E-state index is 0.373. The molecule has 10 heteroatoms. The van der Waals surface area contributed by atoms with Gasteiger partial charge in [-0.05, 0) is 105 Å². The molecule has 254 valence electrons. The molecule has 4 aromatic carbocycles. The van der Waals surface area contributed by atoms with E-state index in [0.29, 0.717) is 32.0 Å². The maximum atomic E-state index is 9.89. The predicted octanol–water partition coefficient (Wildman–Crippen LogP) is 7.51. The molecule has 0 bridgehead atoms. The molecule has 0 saturated heterocycles. The lowest BCUT2D eigenvalue weighted by Gasteiger charge is -2.21. The van der Waals surface area contributed by atoms with Gasteiger partial charge >= 0.3 is 0 Å². The van der Waals surface area contributed by atoms with Crippen molar-refractivity contribution in [2.45, 2.75) is 59.6 Å². The van der Waals surface area contributed by atoms with Crippen LogP contribution in [0.5, 0.6) is 23.0 Å². The van der Waals surface area contributed by atoms with Gasteiger partial charge in [-0.15, -0.1) is 0 Å². The molecule has 9 nitrogen and oxygen atoms in total. The van der Waals surface area contributed by atoms with E-state index in [1.165, 1.54) is 13.8 Å². The first-order valence-corrected chi connectivity index (χ1v) is 17.4. The summed E-state index contributed by atoms with van der Waals surface area (Å²) in [4.78, 5) is 2.24. The molecule has 0 unspecified atom stereocenters. The molecule has 0 fully saturated rings. The van der Waals surface area contributed by atoms with Crippen molar-refractivity contribution in [3.05, 3.63) is 106 Å². The molecule has 0 saturated carbocycles. The van der Waals surface area contributed by atoms with Gasteiger partial charge in [0.1, 0.15) is 37.9 Å². The second-order valence-corrected chi connectivity index (χ2v) is 13.9. The fraction of sp³-hybridized carbons (Fsp3) is 0.342. The van der Waals surface area contributed by atoms with Crippen molar-refractivity contribution >= 4 is 10.1 Å². The predicted molar refractivity (Wildman–Crippen MR) is 187 cm³/mol. The van der Waals surface area contributed by atoms with Gasteiger partial charge < -0.3 is 23.8 Å². The zero-order chi connectivity index (χ0) is 34.8. The van der Waals surface area contributed by atoms with Gasteiger partial charge in [-0.3, -0.25) is 4.55 Å². The van der Waals surface area contributed by atoms with Crippen LogP contribution in [0.2, 0.25) is 0 Å². The fourth-order valence-corrected chi connectivity index (χ4v) is 4.96. The number of hydrogen-bond acceptors (Lipinski definition) is 8. The summed E-state index contributed by atoms with van der Waals surface area (Å²) in [6.45, 7) is 12.8. The molecule has 0 atom stereocenters. The van der Waals surface area contributed by atoms with E-state index >= 15 is 0 Å². The topological polar surface area (TPSA) is 118 Å². The second-order valence-electron chi connectivity index (χ2n) is 12.0. The highest BCUT2D eigenvalue weighted by atomic mass is 32.2. The van der Waals surface area contributed by atoms with Crippen molar-refractivity contribution in [3.8, 4) is 40.2 Å². The lowest BCUT2D eigenvalue weighted by Crippen LogP contribution is -2.17. The van der Waals surface area contributed by atoms with Crippen LogP contribution in [0.1, 0.15) is 54.2 Å². The zero-order valence-electron chi connectivity index (χ0n) is 28.4. The Balaban J connectivity index is 0.000000671. The third-order valence-electron chi connectivity index (χ3n) is 8.07. The van der Waals surface area contributed by atoms with E-state index in [4.69, 9.17) is 23.5 Å². The number of nitriles is 1. The van der Waals surface area contributed by atoms with Crippen molar-refractivity contribution in [2.75, 3.05) is 26.8 Å². The van der Waals surface area contributed by atoms with Gasteiger partial charge in [-0.25, -0.2) is 0 Å². The molecule has 0 aliphatic carbocycles. The molecule has 1 heterocycles. The summed E-state index contributed by atoms with van der Waals surface area (Å²) < 4.78 is 52.1. The normalized spacial score (nSPS) is 12.2. The molecule has 4 aromatic rings. The molecule has 0 spiro atoms. The summed E-state index contributed by atoms with van der Waals surface area (Å²) in [6, 6.07) is 26.3. The number of ether oxygens (including phenoxy) is 4. The largest absolute Gasteiger partial charge is 0.488 e. The van der Waals surface area contributed by atoms with Gasteiger partial charge in [0.05, 0.1) is 16.9 Å². The zero-order valence-corrected chi connectivity index (χ0v) is 29.3. The Hall–Kier alpha value is -4.56.